The number of anilines is 1. The minimum Gasteiger partial charge on any atom is -0.497 e. The van der Waals surface area contributed by atoms with Crippen molar-refractivity contribution in [1.29, 1.82) is 0 Å². The summed E-state index contributed by atoms with van der Waals surface area (Å²) in [4.78, 5) is 23.1. The van der Waals surface area contributed by atoms with Gasteiger partial charge in [0.15, 0.2) is 11.5 Å². The van der Waals surface area contributed by atoms with Crippen LogP contribution in [0.3, 0.4) is 0 Å². The number of hydrogen-bond acceptors (Lipinski definition) is 10. The van der Waals surface area contributed by atoms with E-state index in [1.165, 1.54) is 83.2 Å². The molecule has 0 unspecified atom stereocenters. The molecule has 0 aliphatic rings. The number of carbonyl (C=O) groups is 1. The van der Waals surface area contributed by atoms with E-state index in [0.717, 1.165) is 4.31 Å². The van der Waals surface area contributed by atoms with E-state index in [4.69, 9.17) is 18.9 Å². The van der Waals surface area contributed by atoms with E-state index in [-0.39, 0.29) is 27.8 Å². The van der Waals surface area contributed by atoms with Gasteiger partial charge in [0.05, 0.1) is 50.2 Å². The maximum atomic E-state index is 13.9. The second-order valence-electron chi connectivity index (χ2n) is 7.71. The molecule has 0 radical (unpaired) electrons. The first-order chi connectivity index (χ1) is 18.6. The molecule has 0 aliphatic carbocycles. The lowest BCUT2D eigenvalue weighted by Crippen LogP contribution is -2.39. The molecule has 0 spiro atoms. The summed E-state index contributed by atoms with van der Waals surface area (Å²) in [6.45, 7) is -0.702. The molecule has 1 N–H and O–H groups in total. The van der Waals surface area contributed by atoms with E-state index in [1.54, 1.807) is 12.1 Å². The number of benzene rings is 3. The predicted molar refractivity (Wildman–Crippen MR) is 142 cm³/mol. The first-order valence-electron chi connectivity index (χ1n) is 11.2. The van der Waals surface area contributed by atoms with Crippen molar-refractivity contribution in [3.8, 4) is 23.0 Å². The van der Waals surface area contributed by atoms with Crippen LogP contribution in [0.5, 0.6) is 23.0 Å². The van der Waals surface area contributed by atoms with Gasteiger partial charge in [-0.2, -0.15) is 5.10 Å². The Labute approximate surface area is 224 Å². The number of nitrogens with zero attached hydrogens (tertiary/aromatic N) is 3. The zero-order chi connectivity index (χ0) is 28.6. The monoisotopic (exact) mass is 558 g/mol. The van der Waals surface area contributed by atoms with Crippen molar-refractivity contribution in [1.82, 2.24) is 5.43 Å². The third-order valence-corrected chi connectivity index (χ3v) is 7.12. The normalized spacial score (nSPS) is 11.1. The second kappa shape index (κ2) is 12.6. The lowest BCUT2D eigenvalue weighted by Gasteiger charge is -2.26. The Kier molecular flexibility index (Phi) is 9.28. The van der Waals surface area contributed by atoms with Gasteiger partial charge in [0.1, 0.15) is 18.0 Å². The van der Waals surface area contributed by atoms with Crippen molar-refractivity contribution in [3.05, 3.63) is 76.3 Å². The van der Waals surface area contributed by atoms with Crippen molar-refractivity contribution >= 4 is 33.5 Å². The van der Waals surface area contributed by atoms with Gasteiger partial charge in [-0.3, -0.25) is 19.2 Å². The third-order valence-electron chi connectivity index (χ3n) is 5.37. The average molecular weight is 559 g/mol. The van der Waals surface area contributed by atoms with E-state index < -0.39 is 27.4 Å². The van der Waals surface area contributed by atoms with Crippen LogP contribution in [-0.4, -0.2) is 60.4 Å². The summed E-state index contributed by atoms with van der Waals surface area (Å²) in [5, 5.41) is 14.8. The van der Waals surface area contributed by atoms with Crippen LogP contribution in [0.15, 0.2) is 70.7 Å². The van der Waals surface area contributed by atoms with Crippen molar-refractivity contribution < 1.29 is 37.1 Å². The molecule has 14 heteroatoms. The SMILES string of the molecule is COc1ccc(OC)c(N(CC(=O)N/N=C\c2cccc([N+](=O)[O-])c2)S(=O)(=O)c2ccc(OC)c(OC)c2)c1. The number of ether oxygens (including phenoxy) is 4. The molecule has 0 heterocycles. The van der Waals surface area contributed by atoms with Gasteiger partial charge in [-0.15, -0.1) is 0 Å². The van der Waals surface area contributed by atoms with E-state index in [9.17, 15) is 23.3 Å². The van der Waals surface area contributed by atoms with Crippen LogP contribution in [0.1, 0.15) is 5.56 Å². The lowest BCUT2D eigenvalue weighted by molar-refractivity contribution is -0.384. The molecule has 39 heavy (non-hydrogen) atoms. The number of hydrogen-bond donors (Lipinski definition) is 1. The summed E-state index contributed by atoms with van der Waals surface area (Å²) in [7, 11) is 1.17. The zero-order valence-corrected chi connectivity index (χ0v) is 22.3. The Morgan fingerprint density at radius 1 is 0.949 bits per heavy atom. The van der Waals surface area contributed by atoms with Gasteiger partial charge in [0.2, 0.25) is 0 Å². The van der Waals surface area contributed by atoms with Gasteiger partial charge in [-0.05, 0) is 24.3 Å². The summed E-state index contributed by atoms with van der Waals surface area (Å²) in [5.74, 6) is 0.165. The Balaban J connectivity index is 1.99. The zero-order valence-electron chi connectivity index (χ0n) is 21.5. The van der Waals surface area contributed by atoms with Crippen molar-refractivity contribution in [2.24, 2.45) is 5.10 Å². The number of nitro benzene ring substituents is 1. The highest BCUT2D eigenvalue weighted by atomic mass is 32.2. The maximum Gasteiger partial charge on any atom is 0.270 e. The number of methoxy groups -OCH3 is 4. The maximum absolute atomic E-state index is 13.9. The molecule has 206 valence electrons. The second-order valence-corrected chi connectivity index (χ2v) is 9.57. The molecule has 13 nitrogen and oxygen atoms in total. The van der Waals surface area contributed by atoms with Crippen LogP contribution in [-0.2, 0) is 14.8 Å². The number of sulfonamides is 1. The largest absolute Gasteiger partial charge is 0.497 e. The Morgan fingerprint density at radius 2 is 1.64 bits per heavy atom. The van der Waals surface area contributed by atoms with Crippen LogP contribution in [0, 0.1) is 10.1 Å². The molecule has 0 atom stereocenters. The van der Waals surface area contributed by atoms with Gasteiger partial charge in [0, 0.05) is 29.8 Å². The van der Waals surface area contributed by atoms with Crippen molar-refractivity contribution in [2.75, 3.05) is 39.3 Å². The van der Waals surface area contributed by atoms with Crippen LogP contribution >= 0.6 is 0 Å². The highest BCUT2D eigenvalue weighted by Gasteiger charge is 2.31. The summed E-state index contributed by atoms with van der Waals surface area (Å²) in [5.41, 5.74) is 2.49. The van der Waals surface area contributed by atoms with Crippen LogP contribution in [0.2, 0.25) is 0 Å². The van der Waals surface area contributed by atoms with Crippen LogP contribution in [0.4, 0.5) is 11.4 Å². The van der Waals surface area contributed by atoms with E-state index >= 15 is 0 Å². The summed E-state index contributed by atoms with van der Waals surface area (Å²) in [6.07, 6.45) is 1.20. The number of hydrazone groups is 1. The Morgan fingerprint density at radius 3 is 2.28 bits per heavy atom. The highest BCUT2D eigenvalue weighted by Crippen LogP contribution is 2.37. The number of rotatable bonds is 12. The first kappa shape index (κ1) is 28.7. The molecule has 3 rings (SSSR count). The highest BCUT2D eigenvalue weighted by molar-refractivity contribution is 7.92. The van der Waals surface area contributed by atoms with Gasteiger partial charge >= 0.3 is 0 Å². The predicted octanol–water partition coefficient (Wildman–Crippen LogP) is 2.97. The molecule has 0 saturated heterocycles. The molecular weight excluding hydrogens is 532 g/mol. The van der Waals surface area contributed by atoms with Crippen molar-refractivity contribution in [3.63, 3.8) is 0 Å². The average Bonchev–Trinajstić information content (AvgIpc) is 2.95. The number of amides is 1. The molecule has 3 aromatic rings. The molecule has 0 saturated carbocycles. The quantitative estimate of drug-likeness (QED) is 0.200. The van der Waals surface area contributed by atoms with E-state index in [0.29, 0.717) is 17.1 Å². The van der Waals surface area contributed by atoms with Crippen LogP contribution < -0.4 is 28.7 Å². The third kappa shape index (κ3) is 6.73. The fourth-order valence-corrected chi connectivity index (χ4v) is 4.90. The molecule has 0 fully saturated rings. The minimum atomic E-state index is -4.38. The fraction of sp³-hybridized carbons (Fsp3) is 0.200. The van der Waals surface area contributed by atoms with Crippen molar-refractivity contribution in [2.45, 2.75) is 4.90 Å². The number of non-ortho nitro benzene ring substituents is 1. The summed E-state index contributed by atoms with van der Waals surface area (Å²) in [6, 6.07) is 14.1. The molecule has 0 bridgehead atoms. The number of nitrogens with one attached hydrogen (secondary N) is 1. The summed E-state index contributed by atoms with van der Waals surface area (Å²) >= 11 is 0. The number of nitro groups is 1. The minimum absolute atomic E-state index is 0.0319. The van der Waals surface area contributed by atoms with Gasteiger partial charge in [-0.25, -0.2) is 13.8 Å². The molecule has 1 amide bonds. The van der Waals surface area contributed by atoms with Gasteiger partial charge in [0.25, 0.3) is 21.6 Å². The first-order valence-corrected chi connectivity index (χ1v) is 12.6. The molecule has 3 aromatic carbocycles. The molecule has 0 aliphatic heterocycles. The Bertz CT molecular complexity index is 1490. The number of carbonyl (C=O) groups excluding carboxylic acids is 1. The van der Waals surface area contributed by atoms with E-state index in [1.807, 2.05) is 0 Å². The van der Waals surface area contributed by atoms with Gasteiger partial charge in [-0.1, -0.05) is 12.1 Å². The Hall–Kier alpha value is -4.85. The lowest BCUT2D eigenvalue weighted by atomic mass is 10.2. The van der Waals surface area contributed by atoms with Crippen LogP contribution in [0.25, 0.3) is 0 Å². The van der Waals surface area contributed by atoms with Gasteiger partial charge < -0.3 is 18.9 Å². The molecule has 0 aromatic heterocycles. The standard InChI is InChI=1S/C25H26N4O9S/c1-35-19-8-10-22(36-2)21(13-19)28(39(33,34)20-9-11-23(37-3)24(14-20)38-4)16-25(30)27-26-15-17-6-5-7-18(12-17)29(31)32/h5-15H,16H2,1-4H3,(H,27,30)/b26-15-. The molecular formula is C25H26N4O9S. The van der Waals surface area contributed by atoms with E-state index in [2.05, 4.69) is 10.5 Å². The summed E-state index contributed by atoms with van der Waals surface area (Å²) < 4.78 is 49.6. The fourth-order valence-electron chi connectivity index (χ4n) is 3.46. The topological polar surface area (TPSA) is 159 Å². The smallest absolute Gasteiger partial charge is 0.270 e.